The van der Waals surface area contributed by atoms with E-state index in [1.807, 2.05) is 109 Å². The van der Waals surface area contributed by atoms with Crippen LogP contribution in [0.15, 0.2) is 121 Å². The van der Waals surface area contributed by atoms with Crippen LogP contribution >= 0.6 is 0 Å². The fourth-order valence-corrected chi connectivity index (χ4v) is 4.12. The van der Waals surface area contributed by atoms with Gasteiger partial charge >= 0.3 is 6.09 Å². The third kappa shape index (κ3) is 9.59. The predicted molar refractivity (Wildman–Crippen MR) is 154 cm³/mol. The van der Waals surface area contributed by atoms with Gasteiger partial charge < -0.3 is 15.4 Å². The lowest BCUT2D eigenvalue weighted by Crippen LogP contribution is -2.50. The number of carbonyl (C=O) groups excluding carboxylic acids is 2. The van der Waals surface area contributed by atoms with Gasteiger partial charge in [0.25, 0.3) is 0 Å². The first kappa shape index (κ1) is 27.3. The van der Waals surface area contributed by atoms with E-state index >= 15 is 0 Å². The monoisotopic (exact) mass is 519 g/mol. The van der Waals surface area contributed by atoms with Crippen molar-refractivity contribution in [3.05, 3.63) is 144 Å². The highest BCUT2D eigenvalue weighted by molar-refractivity contribution is 5.86. The molecule has 1 aromatic heterocycles. The molecule has 3 aromatic carbocycles. The molecular weight excluding hydrogens is 486 g/mol. The normalized spacial score (nSPS) is 12.4. The van der Waals surface area contributed by atoms with E-state index in [9.17, 15) is 9.59 Å². The van der Waals surface area contributed by atoms with Crippen molar-refractivity contribution in [2.24, 2.45) is 0 Å². The quantitative estimate of drug-likeness (QED) is 0.250. The summed E-state index contributed by atoms with van der Waals surface area (Å²) in [5, 5.41) is 5.91. The maximum Gasteiger partial charge on any atom is 0.408 e. The molecule has 6 heteroatoms. The maximum atomic E-state index is 13.6. The summed E-state index contributed by atoms with van der Waals surface area (Å²) in [5.74, 6) is -0.278. The molecule has 0 radical (unpaired) electrons. The molecule has 0 saturated heterocycles. The summed E-state index contributed by atoms with van der Waals surface area (Å²) in [7, 11) is 0. The Morgan fingerprint density at radius 1 is 0.744 bits per heavy atom. The molecule has 0 aliphatic heterocycles. The molecule has 0 spiro atoms. The first-order valence-corrected chi connectivity index (χ1v) is 13.1. The first-order valence-electron chi connectivity index (χ1n) is 13.1. The van der Waals surface area contributed by atoms with Gasteiger partial charge in [0.1, 0.15) is 12.6 Å². The number of amides is 2. The number of hydrogen-bond acceptors (Lipinski definition) is 4. The van der Waals surface area contributed by atoms with Crippen molar-refractivity contribution in [1.82, 2.24) is 15.6 Å². The van der Waals surface area contributed by atoms with Gasteiger partial charge in [-0.25, -0.2) is 4.79 Å². The van der Waals surface area contributed by atoms with Crippen molar-refractivity contribution < 1.29 is 14.3 Å². The van der Waals surface area contributed by atoms with E-state index < -0.39 is 12.1 Å². The zero-order valence-corrected chi connectivity index (χ0v) is 21.8. The second-order valence-electron chi connectivity index (χ2n) is 9.20. The lowest BCUT2D eigenvalue weighted by Gasteiger charge is -2.22. The highest BCUT2D eigenvalue weighted by Crippen LogP contribution is 2.10. The smallest absolute Gasteiger partial charge is 0.408 e. The second kappa shape index (κ2) is 14.9. The van der Waals surface area contributed by atoms with Crippen molar-refractivity contribution in [2.75, 3.05) is 0 Å². The third-order valence-corrected chi connectivity index (χ3v) is 6.21. The summed E-state index contributed by atoms with van der Waals surface area (Å²) in [6.45, 7) is 0.124. The van der Waals surface area contributed by atoms with Crippen molar-refractivity contribution in [1.29, 1.82) is 0 Å². The van der Waals surface area contributed by atoms with Crippen molar-refractivity contribution in [3.63, 3.8) is 0 Å². The molecule has 1 heterocycles. The number of aromatic nitrogens is 1. The molecule has 0 aliphatic carbocycles. The molecule has 0 fully saturated rings. The standard InChI is InChI=1S/C33H33N3O3/c37-32(35-30(20-19-26-12-4-1-5-13-26)22-21-29-18-10-11-23-34-29)31(24-27-14-6-2-7-15-27)36-33(38)39-25-28-16-8-3-9-17-28/h1-18,21-23,30-31H,19-20,24-25H2,(H,35,37)(H,36,38)/b22-21+/t30-,31-/m0/s1. The summed E-state index contributed by atoms with van der Waals surface area (Å²) < 4.78 is 5.41. The highest BCUT2D eigenvalue weighted by atomic mass is 16.5. The fraction of sp³-hybridized carbons (Fsp3) is 0.182. The van der Waals surface area contributed by atoms with Gasteiger partial charge in [0.2, 0.25) is 5.91 Å². The largest absolute Gasteiger partial charge is 0.445 e. The van der Waals surface area contributed by atoms with Gasteiger partial charge in [-0.05, 0) is 47.7 Å². The second-order valence-corrected chi connectivity index (χ2v) is 9.20. The molecule has 0 aliphatic rings. The number of pyridine rings is 1. The number of nitrogens with one attached hydrogen (secondary N) is 2. The minimum atomic E-state index is -0.807. The SMILES string of the molecule is O=C(N[C@@H](Cc1ccccc1)C(=O)N[C@H](/C=C/c1ccccn1)CCc1ccccc1)OCc1ccccc1. The van der Waals surface area contributed by atoms with E-state index in [1.165, 1.54) is 5.56 Å². The molecule has 198 valence electrons. The molecule has 0 bridgehead atoms. The Morgan fingerprint density at radius 3 is 2.00 bits per heavy atom. The number of rotatable bonds is 12. The molecule has 6 nitrogen and oxygen atoms in total. The highest BCUT2D eigenvalue weighted by Gasteiger charge is 2.24. The first-order chi connectivity index (χ1) is 19.2. The Labute approximate surface area is 229 Å². The predicted octanol–water partition coefficient (Wildman–Crippen LogP) is 5.75. The number of carbonyl (C=O) groups is 2. The number of ether oxygens (including phenoxy) is 1. The van der Waals surface area contributed by atoms with Gasteiger partial charge in [0.05, 0.1) is 5.69 Å². The molecule has 2 atom stereocenters. The van der Waals surface area contributed by atoms with E-state index in [2.05, 4.69) is 27.8 Å². The molecule has 2 N–H and O–H groups in total. The minimum Gasteiger partial charge on any atom is -0.445 e. The average molecular weight is 520 g/mol. The molecule has 4 rings (SSSR count). The summed E-state index contributed by atoms with van der Waals surface area (Å²) in [4.78, 5) is 30.6. The fourth-order valence-electron chi connectivity index (χ4n) is 4.12. The van der Waals surface area contributed by atoms with Gasteiger partial charge in [-0.1, -0.05) is 103 Å². The average Bonchev–Trinajstić information content (AvgIpc) is 2.99. The van der Waals surface area contributed by atoms with Crippen LogP contribution in [0, 0.1) is 0 Å². The van der Waals surface area contributed by atoms with Gasteiger partial charge in [0, 0.05) is 18.7 Å². The number of aryl methyl sites for hydroxylation is 1. The Bertz CT molecular complexity index is 1310. The van der Waals surface area contributed by atoms with Crippen LogP contribution in [0.5, 0.6) is 0 Å². The van der Waals surface area contributed by atoms with Gasteiger partial charge in [-0.15, -0.1) is 0 Å². The molecule has 0 saturated carbocycles. The van der Waals surface area contributed by atoms with Crippen LogP contribution in [0.4, 0.5) is 4.79 Å². The zero-order valence-electron chi connectivity index (χ0n) is 21.8. The van der Waals surface area contributed by atoms with Crippen molar-refractivity contribution in [3.8, 4) is 0 Å². The lowest BCUT2D eigenvalue weighted by molar-refractivity contribution is -0.123. The molecule has 4 aromatic rings. The van der Waals surface area contributed by atoms with Crippen LogP contribution in [0.1, 0.15) is 28.8 Å². The van der Waals surface area contributed by atoms with Crippen molar-refractivity contribution in [2.45, 2.75) is 38.0 Å². The van der Waals surface area contributed by atoms with E-state index in [0.29, 0.717) is 12.8 Å². The van der Waals surface area contributed by atoms with Crippen LogP contribution < -0.4 is 10.6 Å². The van der Waals surface area contributed by atoms with Crippen LogP contribution in [0.25, 0.3) is 6.08 Å². The minimum absolute atomic E-state index is 0.124. The zero-order chi connectivity index (χ0) is 27.1. The van der Waals surface area contributed by atoms with Crippen LogP contribution in [0.2, 0.25) is 0 Å². The topological polar surface area (TPSA) is 80.3 Å². The van der Waals surface area contributed by atoms with Crippen LogP contribution in [0.3, 0.4) is 0 Å². The number of hydrogen-bond donors (Lipinski definition) is 2. The number of nitrogens with zero attached hydrogens (tertiary/aromatic N) is 1. The molecule has 2 amide bonds. The van der Waals surface area contributed by atoms with Crippen LogP contribution in [-0.4, -0.2) is 29.1 Å². The lowest BCUT2D eigenvalue weighted by atomic mass is 10.0. The van der Waals surface area contributed by atoms with E-state index in [4.69, 9.17) is 4.74 Å². The Kier molecular flexibility index (Phi) is 10.4. The Hall–Kier alpha value is -4.71. The summed E-state index contributed by atoms with van der Waals surface area (Å²) in [6, 6.07) is 33.8. The molecule has 39 heavy (non-hydrogen) atoms. The van der Waals surface area contributed by atoms with Crippen molar-refractivity contribution >= 4 is 18.1 Å². The van der Waals surface area contributed by atoms with E-state index in [1.54, 1.807) is 6.20 Å². The number of alkyl carbamates (subject to hydrolysis) is 1. The number of benzene rings is 3. The summed E-state index contributed by atoms with van der Waals surface area (Å²) in [6.07, 6.45) is 6.77. The van der Waals surface area contributed by atoms with Gasteiger partial charge in [-0.2, -0.15) is 0 Å². The Balaban J connectivity index is 1.46. The van der Waals surface area contributed by atoms with E-state index in [0.717, 1.165) is 23.2 Å². The van der Waals surface area contributed by atoms with Gasteiger partial charge in [0.15, 0.2) is 0 Å². The van der Waals surface area contributed by atoms with E-state index in [-0.39, 0.29) is 18.6 Å². The van der Waals surface area contributed by atoms with Gasteiger partial charge in [-0.3, -0.25) is 9.78 Å². The molecule has 0 unspecified atom stereocenters. The van der Waals surface area contributed by atoms with Crippen LogP contribution in [-0.2, 0) is 29.0 Å². The third-order valence-electron chi connectivity index (χ3n) is 6.21. The summed E-state index contributed by atoms with van der Waals surface area (Å²) in [5.41, 5.74) is 3.80. The maximum absolute atomic E-state index is 13.6. The summed E-state index contributed by atoms with van der Waals surface area (Å²) >= 11 is 0. The molecular formula is C33H33N3O3. The Morgan fingerprint density at radius 2 is 1.36 bits per heavy atom.